The highest BCUT2D eigenvalue weighted by molar-refractivity contribution is 5.77. The number of nitrogens with zero attached hydrogens (tertiary/aromatic N) is 1. The van der Waals surface area contributed by atoms with E-state index in [9.17, 15) is 4.79 Å². The molecule has 1 unspecified atom stereocenters. The van der Waals surface area contributed by atoms with Gasteiger partial charge >= 0.3 is 0 Å². The number of rotatable bonds is 4. The molecule has 0 aliphatic carbocycles. The third-order valence-electron chi connectivity index (χ3n) is 4.41. The predicted molar refractivity (Wildman–Crippen MR) is 71.4 cm³/mol. The van der Waals surface area contributed by atoms with Gasteiger partial charge in [0.25, 0.3) is 0 Å². The monoisotopic (exact) mass is 254 g/mol. The quantitative estimate of drug-likeness (QED) is 0.824. The van der Waals surface area contributed by atoms with Crippen LogP contribution in [0.3, 0.4) is 0 Å². The summed E-state index contributed by atoms with van der Waals surface area (Å²) < 4.78 is 5.35. The van der Waals surface area contributed by atoms with E-state index in [2.05, 4.69) is 17.1 Å². The van der Waals surface area contributed by atoms with Gasteiger partial charge in [-0.05, 0) is 45.6 Å². The Morgan fingerprint density at radius 1 is 1.44 bits per heavy atom. The second kappa shape index (κ2) is 6.02. The van der Waals surface area contributed by atoms with Crippen molar-refractivity contribution in [3.05, 3.63) is 0 Å². The van der Waals surface area contributed by atoms with Crippen molar-refractivity contribution in [1.82, 2.24) is 10.2 Å². The summed E-state index contributed by atoms with van der Waals surface area (Å²) in [5.41, 5.74) is 0.0248. The van der Waals surface area contributed by atoms with Crippen LogP contribution in [0.4, 0.5) is 0 Å². The second-order valence-electron chi connectivity index (χ2n) is 5.94. The molecule has 1 atom stereocenters. The van der Waals surface area contributed by atoms with Crippen LogP contribution in [0, 0.1) is 5.92 Å². The van der Waals surface area contributed by atoms with Crippen molar-refractivity contribution < 1.29 is 9.53 Å². The highest BCUT2D eigenvalue weighted by Crippen LogP contribution is 2.30. The fourth-order valence-electron chi connectivity index (χ4n) is 3.32. The molecule has 0 aromatic rings. The summed E-state index contributed by atoms with van der Waals surface area (Å²) in [5.74, 6) is 0.878. The van der Waals surface area contributed by atoms with Gasteiger partial charge in [-0.3, -0.25) is 4.79 Å². The maximum Gasteiger partial charge on any atom is 0.223 e. The van der Waals surface area contributed by atoms with E-state index < -0.39 is 0 Å². The van der Waals surface area contributed by atoms with Crippen molar-refractivity contribution in [2.75, 3.05) is 33.4 Å². The van der Waals surface area contributed by atoms with Crippen LogP contribution < -0.4 is 5.32 Å². The SMILES string of the molecule is CNCC1(C)CCCN1C(=O)CC1CCOCC1. The van der Waals surface area contributed by atoms with E-state index in [0.29, 0.717) is 18.2 Å². The number of amides is 1. The highest BCUT2D eigenvalue weighted by Gasteiger charge is 2.39. The molecule has 0 spiro atoms. The number of likely N-dealkylation sites (N-methyl/N-ethyl adjacent to an activating group) is 1. The lowest BCUT2D eigenvalue weighted by Gasteiger charge is -2.36. The molecule has 2 saturated heterocycles. The first-order valence-electron chi connectivity index (χ1n) is 7.18. The number of nitrogens with one attached hydrogen (secondary N) is 1. The van der Waals surface area contributed by atoms with E-state index >= 15 is 0 Å². The van der Waals surface area contributed by atoms with Crippen molar-refractivity contribution >= 4 is 5.91 Å². The molecule has 4 heteroatoms. The Morgan fingerprint density at radius 3 is 2.83 bits per heavy atom. The van der Waals surface area contributed by atoms with Crippen molar-refractivity contribution in [1.29, 1.82) is 0 Å². The van der Waals surface area contributed by atoms with E-state index in [1.54, 1.807) is 0 Å². The fourth-order valence-corrected chi connectivity index (χ4v) is 3.32. The molecule has 0 saturated carbocycles. The van der Waals surface area contributed by atoms with E-state index in [1.807, 2.05) is 7.05 Å². The van der Waals surface area contributed by atoms with E-state index in [4.69, 9.17) is 4.74 Å². The Bertz CT molecular complexity index is 290. The van der Waals surface area contributed by atoms with Crippen LogP contribution >= 0.6 is 0 Å². The fraction of sp³-hybridized carbons (Fsp3) is 0.929. The topological polar surface area (TPSA) is 41.6 Å². The Morgan fingerprint density at radius 2 is 2.17 bits per heavy atom. The van der Waals surface area contributed by atoms with E-state index in [1.165, 1.54) is 0 Å². The molecule has 1 amide bonds. The third kappa shape index (κ3) is 3.04. The zero-order valence-corrected chi connectivity index (χ0v) is 11.7. The zero-order chi connectivity index (χ0) is 13.0. The van der Waals surface area contributed by atoms with Crippen LogP contribution in [0.15, 0.2) is 0 Å². The normalized spacial score (nSPS) is 29.8. The van der Waals surface area contributed by atoms with Gasteiger partial charge in [-0.1, -0.05) is 0 Å². The highest BCUT2D eigenvalue weighted by atomic mass is 16.5. The van der Waals surface area contributed by atoms with Gasteiger partial charge in [0.15, 0.2) is 0 Å². The van der Waals surface area contributed by atoms with Crippen molar-refractivity contribution in [3.8, 4) is 0 Å². The van der Waals surface area contributed by atoms with Crippen molar-refractivity contribution in [2.24, 2.45) is 5.92 Å². The Balaban J connectivity index is 1.90. The molecule has 2 aliphatic rings. The number of ether oxygens (including phenoxy) is 1. The maximum atomic E-state index is 12.5. The zero-order valence-electron chi connectivity index (χ0n) is 11.7. The average Bonchev–Trinajstić information content (AvgIpc) is 2.73. The summed E-state index contributed by atoms with van der Waals surface area (Å²) in [6.45, 7) is 5.68. The lowest BCUT2D eigenvalue weighted by molar-refractivity contribution is -0.136. The molecular formula is C14H26N2O2. The first-order valence-corrected chi connectivity index (χ1v) is 7.18. The Hall–Kier alpha value is -0.610. The van der Waals surface area contributed by atoms with Crippen LogP contribution in [0.5, 0.6) is 0 Å². The summed E-state index contributed by atoms with van der Waals surface area (Å²) in [7, 11) is 1.96. The number of carbonyl (C=O) groups is 1. The maximum absolute atomic E-state index is 12.5. The van der Waals surface area contributed by atoms with Gasteiger partial charge in [0.1, 0.15) is 0 Å². The lowest BCUT2D eigenvalue weighted by Crippen LogP contribution is -2.51. The van der Waals surface area contributed by atoms with Gasteiger partial charge < -0.3 is 15.0 Å². The summed E-state index contributed by atoms with van der Waals surface area (Å²) >= 11 is 0. The molecule has 0 aromatic heterocycles. The predicted octanol–water partition coefficient (Wildman–Crippen LogP) is 1.40. The largest absolute Gasteiger partial charge is 0.381 e. The minimum Gasteiger partial charge on any atom is -0.381 e. The summed E-state index contributed by atoms with van der Waals surface area (Å²) in [6, 6.07) is 0. The summed E-state index contributed by atoms with van der Waals surface area (Å²) in [5, 5.41) is 3.22. The summed E-state index contributed by atoms with van der Waals surface area (Å²) in [6.07, 6.45) is 5.05. The molecular weight excluding hydrogens is 228 g/mol. The first-order chi connectivity index (χ1) is 8.65. The van der Waals surface area contributed by atoms with Crippen molar-refractivity contribution in [2.45, 2.75) is 44.6 Å². The van der Waals surface area contributed by atoms with E-state index in [0.717, 1.165) is 52.0 Å². The van der Waals surface area contributed by atoms with Crippen molar-refractivity contribution in [3.63, 3.8) is 0 Å². The molecule has 2 heterocycles. The molecule has 104 valence electrons. The molecule has 2 fully saturated rings. The number of likely N-dealkylation sites (tertiary alicyclic amines) is 1. The Kier molecular flexibility index (Phi) is 4.62. The van der Waals surface area contributed by atoms with Crippen LogP contribution in [-0.4, -0.2) is 49.7 Å². The molecule has 1 N–H and O–H groups in total. The van der Waals surface area contributed by atoms with Crippen LogP contribution in [-0.2, 0) is 9.53 Å². The van der Waals surface area contributed by atoms with Gasteiger partial charge in [-0.2, -0.15) is 0 Å². The molecule has 18 heavy (non-hydrogen) atoms. The molecule has 0 radical (unpaired) electrons. The number of hydrogen-bond donors (Lipinski definition) is 1. The van der Waals surface area contributed by atoms with Gasteiger partial charge in [-0.15, -0.1) is 0 Å². The average molecular weight is 254 g/mol. The van der Waals surface area contributed by atoms with Gasteiger partial charge in [0.05, 0.1) is 5.54 Å². The number of hydrogen-bond acceptors (Lipinski definition) is 3. The lowest BCUT2D eigenvalue weighted by atomic mass is 9.94. The minimum absolute atomic E-state index is 0.0248. The number of carbonyl (C=O) groups excluding carboxylic acids is 1. The van der Waals surface area contributed by atoms with Gasteiger partial charge in [0, 0.05) is 32.7 Å². The molecule has 2 rings (SSSR count). The molecule has 4 nitrogen and oxygen atoms in total. The Labute approximate surface area is 110 Å². The van der Waals surface area contributed by atoms with Gasteiger partial charge in [0.2, 0.25) is 5.91 Å². The molecule has 2 aliphatic heterocycles. The van der Waals surface area contributed by atoms with Crippen LogP contribution in [0.25, 0.3) is 0 Å². The first kappa shape index (κ1) is 13.8. The van der Waals surface area contributed by atoms with Gasteiger partial charge in [-0.25, -0.2) is 0 Å². The second-order valence-corrected chi connectivity index (χ2v) is 5.94. The third-order valence-corrected chi connectivity index (χ3v) is 4.41. The molecule has 0 aromatic carbocycles. The standard InChI is InChI=1S/C14H26N2O2/c1-14(11-15-2)6-3-7-16(14)13(17)10-12-4-8-18-9-5-12/h12,15H,3-11H2,1-2H3. The van der Waals surface area contributed by atoms with Crippen LogP contribution in [0.1, 0.15) is 39.0 Å². The van der Waals surface area contributed by atoms with Crippen LogP contribution in [0.2, 0.25) is 0 Å². The molecule has 0 bridgehead atoms. The van der Waals surface area contributed by atoms with E-state index in [-0.39, 0.29) is 5.54 Å². The summed E-state index contributed by atoms with van der Waals surface area (Å²) in [4.78, 5) is 14.6. The minimum atomic E-state index is 0.0248. The smallest absolute Gasteiger partial charge is 0.223 e.